The molecule has 0 unspecified atom stereocenters. The van der Waals surface area contributed by atoms with Crippen molar-refractivity contribution < 1.29 is 14.3 Å². The Balaban J connectivity index is 2.57. The maximum Gasteiger partial charge on any atom is 0.306 e. The van der Waals surface area contributed by atoms with E-state index in [0.29, 0.717) is 6.42 Å². The molecule has 0 amide bonds. The van der Waals surface area contributed by atoms with Gasteiger partial charge in [0.25, 0.3) is 0 Å². The molecule has 1 rings (SSSR count). The Kier molecular flexibility index (Phi) is 4.12. The van der Waals surface area contributed by atoms with Crippen molar-refractivity contribution in [3.63, 3.8) is 0 Å². The van der Waals surface area contributed by atoms with E-state index in [4.69, 9.17) is 4.74 Å². The van der Waals surface area contributed by atoms with E-state index < -0.39 is 5.41 Å². The first-order valence-corrected chi connectivity index (χ1v) is 6.20. The quantitative estimate of drug-likeness (QED) is 0.546. The van der Waals surface area contributed by atoms with E-state index in [1.807, 2.05) is 33.8 Å². The number of hydrogen-bond donors (Lipinski definition) is 0. The fourth-order valence-corrected chi connectivity index (χ4v) is 2.09. The van der Waals surface area contributed by atoms with E-state index in [0.717, 1.165) is 12.8 Å². The minimum atomic E-state index is -0.445. The largest absolute Gasteiger partial charge is 0.458 e. The molecule has 1 aliphatic rings. The number of hydrogen-bond acceptors (Lipinski definition) is 3. The van der Waals surface area contributed by atoms with Gasteiger partial charge in [0.15, 0.2) is 12.4 Å². The minimum absolute atomic E-state index is 0.0111. The van der Waals surface area contributed by atoms with Gasteiger partial charge in [0.2, 0.25) is 0 Å². The van der Waals surface area contributed by atoms with Crippen LogP contribution in [-0.4, -0.2) is 18.4 Å². The lowest BCUT2D eigenvalue weighted by Gasteiger charge is -2.36. The van der Waals surface area contributed by atoms with Crippen LogP contribution >= 0.6 is 0 Å². The number of allylic oxidation sites excluding steroid dienone is 2. The van der Waals surface area contributed by atoms with E-state index in [1.165, 1.54) is 0 Å². The molecule has 0 bridgehead atoms. The number of esters is 1. The number of rotatable bonds is 5. The fraction of sp³-hybridized carbons (Fsp3) is 0.714. The smallest absolute Gasteiger partial charge is 0.306 e. The summed E-state index contributed by atoms with van der Waals surface area (Å²) in [4.78, 5) is 23.4. The van der Waals surface area contributed by atoms with Gasteiger partial charge in [0, 0.05) is 11.8 Å². The average molecular weight is 238 g/mol. The van der Waals surface area contributed by atoms with Crippen molar-refractivity contribution in [3.8, 4) is 0 Å². The predicted octanol–water partition coefficient (Wildman–Crippen LogP) is 2.89. The summed E-state index contributed by atoms with van der Waals surface area (Å²) in [5.74, 6) is -0.273. The molecular weight excluding hydrogens is 216 g/mol. The summed E-state index contributed by atoms with van der Waals surface area (Å²) in [6, 6.07) is 0. The second-order valence-corrected chi connectivity index (χ2v) is 5.49. The topological polar surface area (TPSA) is 43.4 Å². The van der Waals surface area contributed by atoms with Crippen molar-refractivity contribution in [2.75, 3.05) is 6.61 Å². The summed E-state index contributed by atoms with van der Waals surface area (Å²) < 4.78 is 5.00. The van der Waals surface area contributed by atoms with Gasteiger partial charge in [-0.15, -0.1) is 0 Å². The highest BCUT2D eigenvalue weighted by Crippen LogP contribution is 2.48. The molecule has 0 aromatic rings. The second kappa shape index (κ2) is 5.03. The Morgan fingerprint density at radius 3 is 2.41 bits per heavy atom. The zero-order valence-electron chi connectivity index (χ0n) is 11.2. The molecule has 0 aliphatic heterocycles. The molecule has 0 aromatic heterocycles. The normalized spacial score (nSPS) is 25.9. The highest BCUT2D eigenvalue weighted by Gasteiger charge is 2.47. The summed E-state index contributed by atoms with van der Waals surface area (Å²) in [6.07, 6.45) is 5.96. The summed E-state index contributed by atoms with van der Waals surface area (Å²) in [6.45, 7) is 7.85. The van der Waals surface area contributed by atoms with Crippen LogP contribution in [0.25, 0.3) is 0 Å². The van der Waals surface area contributed by atoms with Gasteiger partial charge in [0.1, 0.15) is 0 Å². The van der Waals surface area contributed by atoms with E-state index in [-0.39, 0.29) is 23.8 Å². The van der Waals surface area contributed by atoms with E-state index in [1.54, 1.807) is 0 Å². The highest BCUT2D eigenvalue weighted by molar-refractivity contribution is 5.89. The Hall–Kier alpha value is -1.12. The van der Waals surface area contributed by atoms with Crippen molar-refractivity contribution in [2.24, 2.45) is 10.8 Å². The summed E-state index contributed by atoms with van der Waals surface area (Å²) in [7, 11) is 0. The van der Waals surface area contributed by atoms with Gasteiger partial charge >= 0.3 is 5.97 Å². The molecule has 3 heteroatoms. The Morgan fingerprint density at radius 1 is 1.29 bits per heavy atom. The highest BCUT2D eigenvalue weighted by atomic mass is 16.5. The SMILES string of the molecule is CCCC(=O)OCC(=O)[C@]1(C)CC=CC1(C)C. The summed E-state index contributed by atoms with van der Waals surface area (Å²) >= 11 is 0. The zero-order chi connectivity index (χ0) is 13.1. The number of Topliss-reactive ketones (excluding diaryl/α,β-unsaturated/α-hetero) is 1. The van der Waals surface area contributed by atoms with Crippen LogP contribution < -0.4 is 0 Å². The van der Waals surface area contributed by atoms with Crippen LogP contribution in [0.15, 0.2) is 12.2 Å². The molecular formula is C14H22O3. The first kappa shape index (κ1) is 13.9. The average Bonchev–Trinajstić information content (AvgIpc) is 2.51. The van der Waals surface area contributed by atoms with Crippen LogP contribution in [0, 0.1) is 10.8 Å². The van der Waals surface area contributed by atoms with E-state index in [2.05, 4.69) is 6.08 Å². The van der Waals surface area contributed by atoms with Gasteiger partial charge in [-0.25, -0.2) is 0 Å². The molecule has 0 saturated heterocycles. The molecule has 1 atom stereocenters. The van der Waals surface area contributed by atoms with Crippen LogP contribution in [0.3, 0.4) is 0 Å². The van der Waals surface area contributed by atoms with Crippen LogP contribution in [0.2, 0.25) is 0 Å². The molecule has 0 fully saturated rings. The molecule has 0 aromatic carbocycles. The first-order chi connectivity index (χ1) is 7.83. The number of carbonyl (C=O) groups is 2. The fourth-order valence-electron chi connectivity index (χ4n) is 2.09. The molecule has 0 radical (unpaired) electrons. The predicted molar refractivity (Wildman–Crippen MR) is 66.5 cm³/mol. The van der Waals surface area contributed by atoms with Gasteiger partial charge in [-0.1, -0.05) is 39.8 Å². The Morgan fingerprint density at radius 2 is 1.94 bits per heavy atom. The molecule has 17 heavy (non-hydrogen) atoms. The molecule has 0 saturated carbocycles. The van der Waals surface area contributed by atoms with Crippen molar-refractivity contribution >= 4 is 11.8 Å². The van der Waals surface area contributed by atoms with Crippen LogP contribution in [0.1, 0.15) is 47.0 Å². The van der Waals surface area contributed by atoms with E-state index in [9.17, 15) is 9.59 Å². The third-order valence-electron chi connectivity index (χ3n) is 3.92. The molecule has 0 N–H and O–H groups in total. The van der Waals surface area contributed by atoms with Crippen molar-refractivity contribution in [1.29, 1.82) is 0 Å². The maximum absolute atomic E-state index is 12.2. The number of ether oxygens (including phenoxy) is 1. The maximum atomic E-state index is 12.2. The lowest BCUT2D eigenvalue weighted by Crippen LogP contribution is -2.40. The van der Waals surface area contributed by atoms with Gasteiger partial charge in [0.05, 0.1) is 0 Å². The molecule has 0 heterocycles. The van der Waals surface area contributed by atoms with Crippen LogP contribution in [0.4, 0.5) is 0 Å². The van der Waals surface area contributed by atoms with Gasteiger partial charge in [-0.05, 0) is 18.3 Å². The lowest BCUT2D eigenvalue weighted by molar-refractivity contribution is -0.152. The van der Waals surface area contributed by atoms with Crippen molar-refractivity contribution in [2.45, 2.75) is 47.0 Å². The zero-order valence-corrected chi connectivity index (χ0v) is 11.2. The van der Waals surface area contributed by atoms with Crippen molar-refractivity contribution in [3.05, 3.63) is 12.2 Å². The molecule has 3 nitrogen and oxygen atoms in total. The summed E-state index contributed by atoms with van der Waals surface area (Å²) in [5, 5.41) is 0. The monoisotopic (exact) mass is 238 g/mol. The third kappa shape index (κ3) is 2.76. The van der Waals surface area contributed by atoms with E-state index >= 15 is 0 Å². The number of carbonyl (C=O) groups excluding carboxylic acids is 2. The van der Waals surface area contributed by atoms with Gasteiger partial charge in [-0.3, -0.25) is 9.59 Å². The standard InChI is InChI=1S/C14H22O3/c1-5-7-12(16)17-10-11(15)14(4)9-6-8-13(14,2)3/h6,8H,5,7,9-10H2,1-4H3/t14-/m0/s1. The van der Waals surface area contributed by atoms with Crippen LogP contribution in [0.5, 0.6) is 0 Å². The Bertz CT molecular complexity index is 341. The number of ketones is 1. The second-order valence-electron chi connectivity index (χ2n) is 5.49. The first-order valence-electron chi connectivity index (χ1n) is 6.20. The molecule has 1 aliphatic carbocycles. The minimum Gasteiger partial charge on any atom is -0.458 e. The lowest BCUT2D eigenvalue weighted by atomic mass is 9.66. The third-order valence-corrected chi connectivity index (χ3v) is 3.92. The van der Waals surface area contributed by atoms with Crippen LogP contribution in [-0.2, 0) is 14.3 Å². The summed E-state index contributed by atoms with van der Waals surface area (Å²) in [5.41, 5.74) is -0.610. The Labute approximate surface area is 103 Å². The molecule has 96 valence electrons. The van der Waals surface area contributed by atoms with Gasteiger partial charge in [-0.2, -0.15) is 0 Å². The molecule has 0 spiro atoms. The van der Waals surface area contributed by atoms with Crippen molar-refractivity contribution in [1.82, 2.24) is 0 Å². The van der Waals surface area contributed by atoms with Gasteiger partial charge < -0.3 is 4.74 Å².